The van der Waals surface area contributed by atoms with Crippen molar-refractivity contribution in [2.45, 2.75) is 26.8 Å². The molecule has 0 radical (unpaired) electrons. The third kappa shape index (κ3) is 4.06. The van der Waals surface area contributed by atoms with Gasteiger partial charge in [-0.15, -0.1) is 0 Å². The highest BCUT2D eigenvalue weighted by Crippen LogP contribution is 2.28. The summed E-state index contributed by atoms with van der Waals surface area (Å²) in [5, 5.41) is 8.95. The summed E-state index contributed by atoms with van der Waals surface area (Å²) in [5.41, 5.74) is 3.01. The number of aryl methyl sites for hydroxylation is 1. The summed E-state index contributed by atoms with van der Waals surface area (Å²) in [6.07, 6.45) is 0. The van der Waals surface area contributed by atoms with E-state index in [4.69, 9.17) is 19.5 Å². The summed E-state index contributed by atoms with van der Waals surface area (Å²) < 4.78 is 18.2. The number of ketones is 1. The third-order valence-corrected chi connectivity index (χ3v) is 4.28. The number of carbonyl (C=O) groups is 1. The quantitative estimate of drug-likeness (QED) is 0.677. The SMILES string of the molecule is COCC(C)n1c(C)cc(C(=O)COc2ccc(C#N)cc2OC)c1C. The molecule has 0 spiro atoms. The molecule has 0 amide bonds. The molecule has 26 heavy (non-hydrogen) atoms. The van der Waals surface area contributed by atoms with Crippen LogP contribution in [-0.4, -0.2) is 37.8 Å². The normalized spacial score (nSPS) is 11.7. The summed E-state index contributed by atoms with van der Waals surface area (Å²) in [7, 11) is 3.16. The minimum absolute atomic E-state index is 0.106. The average molecular weight is 356 g/mol. The molecule has 0 aliphatic rings. The Hall–Kier alpha value is -2.78. The number of nitriles is 1. The lowest BCUT2D eigenvalue weighted by Gasteiger charge is -2.17. The van der Waals surface area contributed by atoms with Gasteiger partial charge in [0.05, 0.1) is 31.4 Å². The first-order chi connectivity index (χ1) is 12.4. The van der Waals surface area contributed by atoms with Gasteiger partial charge in [0.25, 0.3) is 0 Å². The maximum absolute atomic E-state index is 12.6. The predicted octanol–water partition coefficient (Wildman–Crippen LogP) is 3.45. The number of benzene rings is 1. The Morgan fingerprint density at radius 1 is 1.23 bits per heavy atom. The van der Waals surface area contributed by atoms with Gasteiger partial charge in [0.15, 0.2) is 18.1 Å². The van der Waals surface area contributed by atoms with Crippen molar-refractivity contribution in [2.75, 3.05) is 27.4 Å². The molecule has 1 aromatic heterocycles. The molecule has 1 aromatic carbocycles. The van der Waals surface area contributed by atoms with Crippen LogP contribution in [0.2, 0.25) is 0 Å². The lowest BCUT2D eigenvalue weighted by atomic mass is 10.1. The zero-order valence-corrected chi connectivity index (χ0v) is 15.8. The first-order valence-electron chi connectivity index (χ1n) is 8.34. The smallest absolute Gasteiger partial charge is 0.202 e. The maximum Gasteiger partial charge on any atom is 0.202 e. The van der Waals surface area contributed by atoms with E-state index < -0.39 is 0 Å². The molecule has 138 valence electrons. The van der Waals surface area contributed by atoms with Gasteiger partial charge < -0.3 is 18.8 Å². The summed E-state index contributed by atoms with van der Waals surface area (Å²) in [6.45, 7) is 6.42. The van der Waals surface area contributed by atoms with Crippen LogP contribution >= 0.6 is 0 Å². The third-order valence-electron chi connectivity index (χ3n) is 4.28. The zero-order valence-electron chi connectivity index (χ0n) is 15.8. The number of nitrogens with zero attached hydrogens (tertiary/aromatic N) is 2. The maximum atomic E-state index is 12.6. The van der Waals surface area contributed by atoms with Crippen molar-refractivity contribution in [3.8, 4) is 17.6 Å². The first kappa shape index (κ1) is 19.5. The molecule has 1 atom stereocenters. The van der Waals surface area contributed by atoms with Gasteiger partial charge in [-0.25, -0.2) is 0 Å². The van der Waals surface area contributed by atoms with Gasteiger partial charge >= 0.3 is 0 Å². The lowest BCUT2D eigenvalue weighted by molar-refractivity contribution is 0.0918. The second kappa shape index (κ2) is 8.54. The van der Waals surface area contributed by atoms with E-state index in [1.165, 1.54) is 7.11 Å². The highest BCUT2D eigenvalue weighted by Gasteiger charge is 2.19. The van der Waals surface area contributed by atoms with Crippen LogP contribution in [0.15, 0.2) is 24.3 Å². The summed E-state index contributed by atoms with van der Waals surface area (Å²) in [5.74, 6) is 0.748. The Morgan fingerprint density at radius 2 is 1.96 bits per heavy atom. The van der Waals surface area contributed by atoms with E-state index >= 15 is 0 Å². The fourth-order valence-electron chi connectivity index (χ4n) is 3.13. The molecule has 0 aliphatic carbocycles. The van der Waals surface area contributed by atoms with Crippen molar-refractivity contribution in [1.82, 2.24) is 4.57 Å². The highest BCUT2D eigenvalue weighted by molar-refractivity contribution is 5.98. The van der Waals surface area contributed by atoms with Gasteiger partial charge in [0.2, 0.25) is 5.78 Å². The number of rotatable bonds is 8. The van der Waals surface area contributed by atoms with Gasteiger partial charge in [-0.2, -0.15) is 5.26 Å². The molecule has 0 N–H and O–H groups in total. The summed E-state index contributed by atoms with van der Waals surface area (Å²) >= 11 is 0. The lowest BCUT2D eigenvalue weighted by Crippen LogP contribution is -2.16. The topological polar surface area (TPSA) is 73.5 Å². The van der Waals surface area contributed by atoms with E-state index in [-0.39, 0.29) is 18.4 Å². The number of Topliss-reactive ketones (excluding diaryl/α,β-unsaturated/α-hetero) is 1. The Morgan fingerprint density at radius 3 is 2.58 bits per heavy atom. The minimum Gasteiger partial charge on any atom is -0.493 e. The molecule has 2 rings (SSSR count). The van der Waals surface area contributed by atoms with Crippen molar-refractivity contribution in [3.63, 3.8) is 0 Å². The Kier molecular flexibility index (Phi) is 6.42. The fraction of sp³-hybridized carbons (Fsp3) is 0.400. The van der Waals surface area contributed by atoms with E-state index in [0.717, 1.165) is 11.4 Å². The van der Waals surface area contributed by atoms with E-state index in [0.29, 0.717) is 29.2 Å². The minimum atomic E-state index is -0.111. The van der Waals surface area contributed by atoms with Crippen molar-refractivity contribution < 1.29 is 19.0 Å². The van der Waals surface area contributed by atoms with Gasteiger partial charge in [-0.05, 0) is 39.0 Å². The fourth-order valence-corrected chi connectivity index (χ4v) is 3.13. The zero-order chi connectivity index (χ0) is 19.3. The number of hydrogen-bond donors (Lipinski definition) is 0. The molecule has 0 saturated carbocycles. The van der Waals surface area contributed by atoms with Gasteiger partial charge in [0, 0.05) is 30.1 Å². The molecule has 0 aliphatic heterocycles. The second-order valence-electron chi connectivity index (χ2n) is 6.15. The van der Waals surface area contributed by atoms with Crippen molar-refractivity contribution >= 4 is 5.78 Å². The van der Waals surface area contributed by atoms with Crippen molar-refractivity contribution in [2.24, 2.45) is 0 Å². The molecule has 0 fully saturated rings. The van der Waals surface area contributed by atoms with E-state index in [2.05, 4.69) is 11.5 Å². The van der Waals surface area contributed by atoms with Crippen LogP contribution in [0.5, 0.6) is 11.5 Å². The van der Waals surface area contributed by atoms with Crippen LogP contribution in [0.4, 0.5) is 0 Å². The predicted molar refractivity (Wildman–Crippen MR) is 98.0 cm³/mol. The number of ether oxygens (including phenoxy) is 3. The average Bonchev–Trinajstić information content (AvgIpc) is 2.94. The molecule has 0 saturated heterocycles. The Bertz CT molecular complexity index is 833. The van der Waals surface area contributed by atoms with Gasteiger partial charge in [0.1, 0.15) is 0 Å². The largest absolute Gasteiger partial charge is 0.493 e. The Balaban J connectivity index is 2.17. The number of aromatic nitrogens is 1. The van der Waals surface area contributed by atoms with Crippen LogP contribution < -0.4 is 9.47 Å². The molecule has 6 heteroatoms. The van der Waals surface area contributed by atoms with E-state index in [1.807, 2.05) is 26.0 Å². The van der Waals surface area contributed by atoms with Crippen LogP contribution in [0.1, 0.15) is 40.3 Å². The van der Waals surface area contributed by atoms with Crippen LogP contribution in [-0.2, 0) is 4.74 Å². The Labute approximate surface area is 153 Å². The molecular weight excluding hydrogens is 332 g/mol. The van der Waals surface area contributed by atoms with Crippen LogP contribution in [0, 0.1) is 25.2 Å². The van der Waals surface area contributed by atoms with Crippen LogP contribution in [0.25, 0.3) is 0 Å². The van der Waals surface area contributed by atoms with E-state index in [9.17, 15) is 4.79 Å². The molecular formula is C20H24N2O4. The van der Waals surface area contributed by atoms with Crippen LogP contribution in [0.3, 0.4) is 0 Å². The molecule has 6 nitrogen and oxygen atoms in total. The van der Waals surface area contributed by atoms with Crippen molar-refractivity contribution in [1.29, 1.82) is 5.26 Å². The summed E-state index contributed by atoms with van der Waals surface area (Å²) in [6, 6.07) is 8.90. The van der Waals surface area contributed by atoms with Gasteiger partial charge in [-0.1, -0.05) is 0 Å². The summed E-state index contributed by atoms with van der Waals surface area (Å²) in [4.78, 5) is 12.6. The highest BCUT2D eigenvalue weighted by atomic mass is 16.5. The molecule has 1 heterocycles. The first-order valence-corrected chi connectivity index (χ1v) is 8.34. The molecule has 0 bridgehead atoms. The molecule has 1 unspecified atom stereocenters. The van der Waals surface area contributed by atoms with E-state index in [1.54, 1.807) is 25.3 Å². The van der Waals surface area contributed by atoms with Gasteiger partial charge in [-0.3, -0.25) is 4.79 Å². The monoisotopic (exact) mass is 356 g/mol. The number of methoxy groups -OCH3 is 2. The number of hydrogen-bond acceptors (Lipinski definition) is 5. The second-order valence-corrected chi connectivity index (χ2v) is 6.15. The number of carbonyl (C=O) groups excluding carboxylic acids is 1. The van der Waals surface area contributed by atoms with Crippen molar-refractivity contribution in [3.05, 3.63) is 46.8 Å². The molecule has 2 aromatic rings. The standard InChI is InChI=1S/C20H24N2O4/c1-13-8-17(15(3)22(13)14(2)11-24-4)18(23)12-26-19-7-6-16(10-21)9-20(19)25-5/h6-9,14H,11-12H2,1-5H3.